The molecule has 1 heterocycles. The zero-order valence-corrected chi connectivity index (χ0v) is 12.8. The third-order valence-corrected chi connectivity index (χ3v) is 3.85. The fourth-order valence-corrected chi connectivity index (χ4v) is 2.54. The number of nitrogens with zero attached hydrogens (tertiary/aromatic N) is 1. The van der Waals surface area contributed by atoms with Gasteiger partial charge in [0.15, 0.2) is 0 Å². The third-order valence-electron chi connectivity index (χ3n) is 3.85. The molecule has 2 rings (SSSR count). The van der Waals surface area contributed by atoms with Crippen LogP contribution in [-0.2, 0) is 4.74 Å². The minimum atomic E-state index is 0.459. The van der Waals surface area contributed by atoms with Crippen LogP contribution in [0.2, 0.25) is 0 Å². The first-order valence-corrected chi connectivity index (χ1v) is 7.84. The summed E-state index contributed by atoms with van der Waals surface area (Å²) in [4.78, 5) is 2.50. The van der Waals surface area contributed by atoms with Gasteiger partial charge in [0.05, 0.1) is 6.61 Å². The topological polar surface area (TPSA) is 24.5 Å². The molecule has 1 aliphatic rings. The van der Waals surface area contributed by atoms with Crippen molar-refractivity contribution >= 4 is 0 Å². The molecule has 1 aliphatic heterocycles. The van der Waals surface area contributed by atoms with Crippen LogP contribution in [0.4, 0.5) is 0 Å². The molecule has 1 atom stereocenters. The molecule has 1 fully saturated rings. The van der Waals surface area contributed by atoms with Crippen LogP contribution in [0.3, 0.4) is 0 Å². The SMILES string of the molecule is CC(C)CCOCCN1CCNC(c2ccccc2)C1. The lowest BCUT2D eigenvalue weighted by molar-refractivity contribution is 0.0855. The van der Waals surface area contributed by atoms with Gasteiger partial charge in [-0.3, -0.25) is 4.90 Å². The second-order valence-corrected chi connectivity index (χ2v) is 6.01. The number of rotatable bonds is 7. The van der Waals surface area contributed by atoms with E-state index in [-0.39, 0.29) is 0 Å². The molecule has 20 heavy (non-hydrogen) atoms. The molecule has 1 N–H and O–H groups in total. The van der Waals surface area contributed by atoms with Crippen molar-refractivity contribution in [3.8, 4) is 0 Å². The van der Waals surface area contributed by atoms with Crippen molar-refractivity contribution in [2.24, 2.45) is 5.92 Å². The first-order chi connectivity index (χ1) is 9.75. The molecular weight excluding hydrogens is 248 g/mol. The van der Waals surface area contributed by atoms with Crippen molar-refractivity contribution in [2.75, 3.05) is 39.4 Å². The summed E-state index contributed by atoms with van der Waals surface area (Å²) in [6.45, 7) is 10.5. The number of hydrogen-bond acceptors (Lipinski definition) is 3. The standard InChI is InChI=1S/C17H28N2O/c1-15(2)8-12-20-13-11-19-10-9-18-17(14-19)16-6-4-3-5-7-16/h3-7,15,17-18H,8-14H2,1-2H3. The van der Waals surface area contributed by atoms with Gasteiger partial charge in [0, 0.05) is 38.8 Å². The highest BCUT2D eigenvalue weighted by Gasteiger charge is 2.19. The molecule has 0 aliphatic carbocycles. The highest BCUT2D eigenvalue weighted by molar-refractivity contribution is 5.19. The fourth-order valence-electron chi connectivity index (χ4n) is 2.54. The fraction of sp³-hybridized carbons (Fsp3) is 0.647. The number of piperazine rings is 1. The van der Waals surface area contributed by atoms with E-state index in [1.807, 2.05) is 0 Å². The number of nitrogens with one attached hydrogen (secondary N) is 1. The summed E-state index contributed by atoms with van der Waals surface area (Å²) in [6.07, 6.45) is 1.16. The molecule has 0 bridgehead atoms. The van der Waals surface area contributed by atoms with Crippen LogP contribution in [0.25, 0.3) is 0 Å². The van der Waals surface area contributed by atoms with Gasteiger partial charge in [-0.15, -0.1) is 0 Å². The summed E-state index contributed by atoms with van der Waals surface area (Å²) >= 11 is 0. The Kier molecular flexibility index (Phi) is 6.51. The van der Waals surface area contributed by atoms with Gasteiger partial charge in [-0.25, -0.2) is 0 Å². The Morgan fingerprint density at radius 2 is 2.05 bits per heavy atom. The summed E-state index contributed by atoms with van der Waals surface area (Å²) in [5.74, 6) is 0.733. The monoisotopic (exact) mass is 276 g/mol. The lowest BCUT2D eigenvalue weighted by atomic mass is 10.0. The van der Waals surface area contributed by atoms with Crippen LogP contribution < -0.4 is 5.32 Å². The minimum absolute atomic E-state index is 0.459. The van der Waals surface area contributed by atoms with E-state index in [4.69, 9.17) is 4.74 Å². The van der Waals surface area contributed by atoms with Crippen LogP contribution in [0, 0.1) is 5.92 Å². The van der Waals surface area contributed by atoms with E-state index in [0.29, 0.717) is 6.04 Å². The molecule has 3 heteroatoms. The van der Waals surface area contributed by atoms with Gasteiger partial charge in [0.2, 0.25) is 0 Å². The van der Waals surface area contributed by atoms with Gasteiger partial charge in [0.25, 0.3) is 0 Å². The van der Waals surface area contributed by atoms with Crippen molar-refractivity contribution in [1.29, 1.82) is 0 Å². The summed E-state index contributed by atoms with van der Waals surface area (Å²) in [5, 5.41) is 3.60. The van der Waals surface area contributed by atoms with E-state index in [9.17, 15) is 0 Å². The second-order valence-electron chi connectivity index (χ2n) is 6.01. The molecule has 1 aromatic carbocycles. The third kappa shape index (κ3) is 5.23. The zero-order chi connectivity index (χ0) is 14.2. The number of ether oxygens (including phenoxy) is 1. The molecule has 0 spiro atoms. The van der Waals surface area contributed by atoms with Gasteiger partial charge < -0.3 is 10.1 Å². The van der Waals surface area contributed by atoms with Crippen molar-refractivity contribution in [3.05, 3.63) is 35.9 Å². The summed E-state index contributed by atoms with van der Waals surface area (Å²) < 4.78 is 5.73. The van der Waals surface area contributed by atoms with Gasteiger partial charge in [-0.1, -0.05) is 44.2 Å². The molecule has 0 saturated carbocycles. The predicted molar refractivity (Wildman–Crippen MR) is 83.9 cm³/mol. The van der Waals surface area contributed by atoms with E-state index in [1.165, 1.54) is 5.56 Å². The number of benzene rings is 1. The molecule has 112 valence electrons. The van der Waals surface area contributed by atoms with Gasteiger partial charge >= 0.3 is 0 Å². The van der Waals surface area contributed by atoms with Crippen LogP contribution in [0.1, 0.15) is 31.9 Å². The van der Waals surface area contributed by atoms with Crippen LogP contribution >= 0.6 is 0 Å². The zero-order valence-electron chi connectivity index (χ0n) is 12.8. The van der Waals surface area contributed by atoms with Gasteiger partial charge in [-0.2, -0.15) is 0 Å². The average molecular weight is 276 g/mol. The first kappa shape index (κ1) is 15.5. The van der Waals surface area contributed by atoms with E-state index in [1.54, 1.807) is 0 Å². The largest absolute Gasteiger partial charge is 0.380 e. The maximum absolute atomic E-state index is 5.73. The number of hydrogen-bond donors (Lipinski definition) is 1. The predicted octanol–water partition coefficient (Wildman–Crippen LogP) is 2.70. The normalized spacial score (nSPS) is 20.4. The Morgan fingerprint density at radius 1 is 1.25 bits per heavy atom. The maximum atomic E-state index is 5.73. The molecule has 1 unspecified atom stereocenters. The first-order valence-electron chi connectivity index (χ1n) is 7.84. The van der Waals surface area contributed by atoms with Crippen molar-refractivity contribution in [2.45, 2.75) is 26.3 Å². The lowest BCUT2D eigenvalue weighted by Gasteiger charge is -2.33. The van der Waals surface area contributed by atoms with E-state index in [0.717, 1.165) is 51.7 Å². The minimum Gasteiger partial charge on any atom is -0.380 e. The smallest absolute Gasteiger partial charge is 0.0593 e. The highest BCUT2D eigenvalue weighted by atomic mass is 16.5. The van der Waals surface area contributed by atoms with Gasteiger partial charge in [0.1, 0.15) is 0 Å². The van der Waals surface area contributed by atoms with Gasteiger partial charge in [-0.05, 0) is 17.9 Å². The van der Waals surface area contributed by atoms with E-state index < -0.39 is 0 Å². The maximum Gasteiger partial charge on any atom is 0.0593 e. The molecule has 0 amide bonds. The quantitative estimate of drug-likeness (QED) is 0.775. The Labute approximate surface area is 123 Å². The Morgan fingerprint density at radius 3 is 2.80 bits per heavy atom. The molecule has 1 aromatic rings. The molecule has 3 nitrogen and oxygen atoms in total. The van der Waals surface area contributed by atoms with Crippen LogP contribution in [0.5, 0.6) is 0 Å². The van der Waals surface area contributed by atoms with Crippen LogP contribution in [-0.4, -0.2) is 44.3 Å². The highest BCUT2D eigenvalue weighted by Crippen LogP contribution is 2.16. The van der Waals surface area contributed by atoms with E-state index in [2.05, 4.69) is 54.4 Å². The summed E-state index contributed by atoms with van der Waals surface area (Å²) in [6, 6.07) is 11.2. The van der Waals surface area contributed by atoms with Crippen molar-refractivity contribution < 1.29 is 4.74 Å². The summed E-state index contributed by atoms with van der Waals surface area (Å²) in [7, 11) is 0. The van der Waals surface area contributed by atoms with Crippen LogP contribution in [0.15, 0.2) is 30.3 Å². The lowest BCUT2D eigenvalue weighted by Crippen LogP contribution is -2.46. The van der Waals surface area contributed by atoms with Crippen molar-refractivity contribution in [1.82, 2.24) is 10.2 Å². The molecule has 0 radical (unpaired) electrons. The molecule has 1 saturated heterocycles. The molecular formula is C17H28N2O. The Bertz CT molecular complexity index is 367. The Balaban J connectivity index is 1.68. The van der Waals surface area contributed by atoms with E-state index >= 15 is 0 Å². The summed E-state index contributed by atoms with van der Waals surface area (Å²) in [5.41, 5.74) is 1.39. The van der Waals surface area contributed by atoms with Crippen molar-refractivity contribution in [3.63, 3.8) is 0 Å². The molecule has 0 aromatic heterocycles. The Hall–Kier alpha value is -0.900. The second kappa shape index (κ2) is 8.40. The average Bonchev–Trinajstić information content (AvgIpc) is 2.48.